The summed E-state index contributed by atoms with van der Waals surface area (Å²) in [5, 5.41) is 7.96. The maximum Gasteiger partial charge on any atom is 0.119 e. The van der Waals surface area contributed by atoms with Gasteiger partial charge in [0, 0.05) is 6.04 Å². The van der Waals surface area contributed by atoms with Gasteiger partial charge in [-0.2, -0.15) is 11.3 Å². The van der Waals surface area contributed by atoms with Crippen molar-refractivity contribution in [1.29, 1.82) is 0 Å². The Kier molecular flexibility index (Phi) is 6.77. The van der Waals surface area contributed by atoms with E-state index in [0.29, 0.717) is 6.04 Å². The Balaban J connectivity index is 1.74. The topological polar surface area (TPSA) is 21.3 Å². The van der Waals surface area contributed by atoms with E-state index >= 15 is 0 Å². The van der Waals surface area contributed by atoms with Crippen LogP contribution in [0.15, 0.2) is 41.1 Å². The summed E-state index contributed by atoms with van der Waals surface area (Å²) in [5.74, 6) is 0.975. The van der Waals surface area contributed by atoms with Crippen molar-refractivity contribution in [2.24, 2.45) is 0 Å². The second-order valence-corrected chi connectivity index (χ2v) is 6.16. The molecular weight excluding hydrogens is 278 g/mol. The number of ether oxygens (including phenoxy) is 1. The summed E-state index contributed by atoms with van der Waals surface area (Å²) >= 11 is 1.78. The molecule has 0 spiro atoms. The Morgan fingerprint density at radius 1 is 1.24 bits per heavy atom. The van der Waals surface area contributed by atoms with Gasteiger partial charge < -0.3 is 10.1 Å². The number of rotatable bonds is 9. The molecular formula is C18H25NOS. The zero-order valence-corrected chi connectivity index (χ0v) is 13.8. The highest BCUT2D eigenvalue weighted by atomic mass is 32.1. The molecule has 0 aliphatic heterocycles. The molecule has 2 nitrogen and oxygen atoms in total. The third-order valence-electron chi connectivity index (χ3n) is 3.58. The normalized spacial score (nSPS) is 12.3. The van der Waals surface area contributed by atoms with Gasteiger partial charge >= 0.3 is 0 Å². The van der Waals surface area contributed by atoms with Gasteiger partial charge in [0.1, 0.15) is 5.75 Å². The second kappa shape index (κ2) is 8.85. The molecule has 1 N–H and O–H groups in total. The van der Waals surface area contributed by atoms with E-state index in [1.54, 1.807) is 11.3 Å². The predicted molar refractivity (Wildman–Crippen MR) is 91.4 cm³/mol. The standard InChI is InChI=1S/C18H25NOS/c1-3-19-17(8-7-16-10-12-21-14-16)9-11-20-18-6-4-5-15(2)13-18/h4-6,10,12-14,17,19H,3,7-9,11H2,1-2H3. The molecule has 3 heteroatoms. The van der Waals surface area contributed by atoms with E-state index in [-0.39, 0.29) is 0 Å². The van der Waals surface area contributed by atoms with Crippen molar-refractivity contribution in [1.82, 2.24) is 5.32 Å². The van der Waals surface area contributed by atoms with E-state index in [1.165, 1.54) is 17.5 Å². The molecule has 0 saturated heterocycles. The first-order valence-corrected chi connectivity index (χ1v) is 8.66. The van der Waals surface area contributed by atoms with Crippen molar-refractivity contribution >= 4 is 11.3 Å². The number of thiophene rings is 1. The van der Waals surface area contributed by atoms with E-state index < -0.39 is 0 Å². The lowest BCUT2D eigenvalue weighted by atomic mass is 10.1. The molecule has 1 aromatic carbocycles. The second-order valence-electron chi connectivity index (χ2n) is 5.38. The summed E-state index contributed by atoms with van der Waals surface area (Å²) in [6.45, 7) is 6.04. The zero-order valence-electron chi connectivity index (χ0n) is 13.0. The Morgan fingerprint density at radius 3 is 2.86 bits per heavy atom. The van der Waals surface area contributed by atoms with Crippen LogP contribution in [-0.4, -0.2) is 19.2 Å². The highest BCUT2D eigenvalue weighted by molar-refractivity contribution is 7.07. The number of nitrogens with one attached hydrogen (secondary N) is 1. The van der Waals surface area contributed by atoms with Gasteiger partial charge in [0.25, 0.3) is 0 Å². The van der Waals surface area contributed by atoms with Gasteiger partial charge in [-0.3, -0.25) is 0 Å². The van der Waals surface area contributed by atoms with Crippen LogP contribution in [0.2, 0.25) is 0 Å². The fourth-order valence-corrected chi connectivity index (χ4v) is 3.14. The fraction of sp³-hybridized carbons (Fsp3) is 0.444. The van der Waals surface area contributed by atoms with Crippen LogP contribution >= 0.6 is 11.3 Å². The summed E-state index contributed by atoms with van der Waals surface area (Å²) in [7, 11) is 0. The summed E-state index contributed by atoms with van der Waals surface area (Å²) in [6.07, 6.45) is 3.36. The van der Waals surface area contributed by atoms with Crippen molar-refractivity contribution in [3.05, 3.63) is 52.2 Å². The van der Waals surface area contributed by atoms with Crippen LogP contribution in [0.25, 0.3) is 0 Å². The molecule has 1 atom stereocenters. The molecule has 2 rings (SSSR count). The molecule has 0 saturated carbocycles. The molecule has 1 aromatic heterocycles. The van der Waals surface area contributed by atoms with Gasteiger partial charge in [-0.25, -0.2) is 0 Å². The zero-order chi connectivity index (χ0) is 14.9. The monoisotopic (exact) mass is 303 g/mol. The lowest BCUT2D eigenvalue weighted by molar-refractivity contribution is 0.282. The SMILES string of the molecule is CCNC(CCOc1cccc(C)c1)CCc1ccsc1. The minimum absolute atomic E-state index is 0.528. The van der Waals surface area contributed by atoms with Gasteiger partial charge in [0.2, 0.25) is 0 Å². The largest absolute Gasteiger partial charge is 0.494 e. The first-order chi connectivity index (χ1) is 10.3. The summed E-state index contributed by atoms with van der Waals surface area (Å²) < 4.78 is 5.86. The molecule has 2 aromatic rings. The van der Waals surface area contributed by atoms with Crippen LogP contribution in [0.4, 0.5) is 0 Å². The average molecular weight is 303 g/mol. The fourth-order valence-electron chi connectivity index (χ4n) is 2.44. The third kappa shape index (κ3) is 5.90. The van der Waals surface area contributed by atoms with E-state index in [4.69, 9.17) is 4.74 Å². The molecule has 21 heavy (non-hydrogen) atoms. The lowest BCUT2D eigenvalue weighted by Crippen LogP contribution is -2.31. The van der Waals surface area contributed by atoms with Crippen molar-refractivity contribution in [3.8, 4) is 5.75 Å². The van der Waals surface area contributed by atoms with Crippen LogP contribution in [0.3, 0.4) is 0 Å². The minimum Gasteiger partial charge on any atom is -0.494 e. The van der Waals surface area contributed by atoms with E-state index in [9.17, 15) is 0 Å². The predicted octanol–water partition coefficient (Wildman–Crippen LogP) is 4.44. The van der Waals surface area contributed by atoms with Gasteiger partial charge in [0.05, 0.1) is 6.61 Å². The Hall–Kier alpha value is -1.32. The first-order valence-electron chi connectivity index (χ1n) is 7.72. The van der Waals surface area contributed by atoms with Crippen molar-refractivity contribution in [3.63, 3.8) is 0 Å². The quantitative estimate of drug-likeness (QED) is 0.739. The van der Waals surface area contributed by atoms with Crippen LogP contribution in [-0.2, 0) is 6.42 Å². The number of aryl methyl sites for hydroxylation is 2. The molecule has 0 aliphatic rings. The average Bonchev–Trinajstić information content (AvgIpc) is 2.98. The van der Waals surface area contributed by atoms with Crippen LogP contribution < -0.4 is 10.1 Å². The maximum atomic E-state index is 5.86. The number of hydrogen-bond acceptors (Lipinski definition) is 3. The van der Waals surface area contributed by atoms with Crippen molar-refractivity contribution in [2.45, 2.75) is 39.2 Å². The van der Waals surface area contributed by atoms with Crippen LogP contribution in [0, 0.1) is 6.92 Å². The number of benzene rings is 1. The number of hydrogen-bond donors (Lipinski definition) is 1. The smallest absolute Gasteiger partial charge is 0.119 e. The molecule has 0 aliphatic carbocycles. The van der Waals surface area contributed by atoms with Gasteiger partial charge in [-0.1, -0.05) is 19.1 Å². The Labute approximate surface area is 132 Å². The summed E-state index contributed by atoms with van der Waals surface area (Å²) in [4.78, 5) is 0. The van der Waals surface area contributed by atoms with Gasteiger partial charge in [-0.05, 0) is 72.8 Å². The van der Waals surface area contributed by atoms with Gasteiger partial charge in [-0.15, -0.1) is 0 Å². The highest BCUT2D eigenvalue weighted by Gasteiger charge is 2.08. The molecule has 0 amide bonds. The van der Waals surface area contributed by atoms with E-state index in [2.05, 4.69) is 48.1 Å². The molecule has 0 bridgehead atoms. The summed E-state index contributed by atoms with van der Waals surface area (Å²) in [5.41, 5.74) is 2.69. The van der Waals surface area contributed by atoms with Crippen molar-refractivity contribution < 1.29 is 4.74 Å². The molecule has 0 fully saturated rings. The lowest BCUT2D eigenvalue weighted by Gasteiger charge is -2.18. The molecule has 0 radical (unpaired) electrons. The van der Waals surface area contributed by atoms with Crippen LogP contribution in [0.5, 0.6) is 5.75 Å². The highest BCUT2D eigenvalue weighted by Crippen LogP contribution is 2.14. The van der Waals surface area contributed by atoms with Crippen molar-refractivity contribution in [2.75, 3.05) is 13.2 Å². The third-order valence-corrected chi connectivity index (χ3v) is 4.31. The van der Waals surface area contributed by atoms with E-state index in [1.807, 2.05) is 12.1 Å². The Morgan fingerprint density at radius 2 is 2.14 bits per heavy atom. The maximum absolute atomic E-state index is 5.86. The van der Waals surface area contributed by atoms with Gasteiger partial charge in [0.15, 0.2) is 0 Å². The first kappa shape index (κ1) is 16.1. The van der Waals surface area contributed by atoms with E-state index in [0.717, 1.165) is 31.7 Å². The van der Waals surface area contributed by atoms with Crippen LogP contribution in [0.1, 0.15) is 30.9 Å². The molecule has 114 valence electrons. The molecule has 1 heterocycles. The Bertz CT molecular complexity index is 510. The summed E-state index contributed by atoms with van der Waals surface area (Å²) in [6, 6.07) is 11.0. The molecule has 1 unspecified atom stereocenters. The minimum atomic E-state index is 0.528.